The van der Waals surface area contributed by atoms with Gasteiger partial charge >= 0.3 is 0 Å². The van der Waals surface area contributed by atoms with Crippen LogP contribution in [0.1, 0.15) is 42.3 Å². The molecule has 2 unspecified atom stereocenters. The minimum Gasteiger partial charge on any atom is -0.487 e. The Bertz CT molecular complexity index is 1520. The molecule has 0 radical (unpaired) electrons. The number of para-hydroxylation sites is 2. The van der Waals surface area contributed by atoms with Crippen LogP contribution in [0.4, 0.5) is 0 Å². The molecule has 6 heteroatoms. The molecule has 2 aromatic heterocycles. The lowest BCUT2D eigenvalue weighted by molar-refractivity contribution is -0.127. The monoisotopic (exact) mass is 518 g/mol. The van der Waals surface area contributed by atoms with Crippen LogP contribution in [-0.2, 0) is 24.4 Å². The van der Waals surface area contributed by atoms with Gasteiger partial charge in [-0.1, -0.05) is 72.8 Å². The smallest absolute Gasteiger partial charge is 0.240 e. The maximum Gasteiger partial charge on any atom is 0.240 e. The number of fused-ring (bicyclic) bond motifs is 1. The second kappa shape index (κ2) is 12.0. The van der Waals surface area contributed by atoms with Crippen molar-refractivity contribution in [2.75, 3.05) is 0 Å². The first-order valence-corrected chi connectivity index (χ1v) is 13.3. The molecule has 0 aliphatic carbocycles. The van der Waals surface area contributed by atoms with Crippen LogP contribution >= 0.6 is 0 Å². The zero-order chi connectivity index (χ0) is 27.1. The van der Waals surface area contributed by atoms with Crippen molar-refractivity contribution in [3.8, 4) is 5.75 Å². The summed E-state index contributed by atoms with van der Waals surface area (Å²) in [6.45, 7) is 4.82. The number of rotatable bonds is 11. The van der Waals surface area contributed by atoms with Gasteiger partial charge in [0, 0.05) is 41.8 Å². The van der Waals surface area contributed by atoms with Crippen molar-refractivity contribution in [1.82, 2.24) is 20.6 Å². The fourth-order valence-electron chi connectivity index (χ4n) is 4.78. The van der Waals surface area contributed by atoms with E-state index in [0.717, 1.165) is 39.0 Å². The third kappa shape index (κ3) is 6.36. The molecule has 0 bridgehead atoms. The van der Waals surface area contributed by atoms with E-state index in [1.807, 2.05) is 105 Å². The van der Waals surface area contributed by atoms with E-state index >= 15 is 0 Å². The molecule has 2 atom stereocenters. The standard InChI is InChI=1S/C33H34N4O2/c1-24(25-12-4-3-5-13-25)37-32(38)33(2,20-27-21-35-30-17-8-7-16-29(27)30)36-22-26-14-6-9-18-31(26)39-23-28-15-10-11-19-34-28/h3-19,21,24,35-36H,20,22-23H2,1-2H3,(H,37,38). The minimum absolute atomic E-state index is 0.0592. The summed E-state index contributed by atoms with van der Waals surface area (Å²) < 4.78 is 6.13. The Morgan fingerprint density at radius 1 is 0.923 bits per heavy atom. The number of hydrogen-bond donors (Lipinski definition) is 3. The van der Waals surface area contributed by atoms with E-state index in [1.54, 1.807) is 6.20 Å². The average Bonchev–Trinajstić information content (AvgIpc) is 3.38. The first-order chi connectivity index (χ1) is 19.0. The van der Waals surface area contributed by atoms with Crippen LogP contribution in [0.15, 0.2) is 109 Å². The predicted octanol–water partition coefficient (Wildman–Crippen LogP) is 6.11. The second-order valence-electron chi connectivity index (χ2n) is 10.0. The highest BCUT2D eigenvalue weighted by molar-refractivity contribution is 5.89. The van der Waals surface area contributed by atoms with E-state index < -0.39 is 5.54 Å². The number of carbonyl (C=O) groups excluding carboxylic acids is 1. The zero-order valence-corrected chi connectivity index (χ0v) is 22.4. The number of nitrogens with zero attached hydrogens (tertiary/aromatic N) is 1. The summed E-state index contributed by atoms with van der Waals surface area (Å²) in [7, 11) is 0. The molecule has 0 fully saturated rings. The maximum atomic E-state index is 13.9. The molecular weight excluding hydrogens is 484 g/mol. The van der Waals surface area contributed by atoms with Gasteiger partial charge in [0.15, 0.2) is 0 Å². The van der Waals surface area contributed by atoms with Crippen LogP contribution in [0.3, 0.4) is 0 Å². The number of nitrogens with one attached hydrogen (secondary N) is 3. The second-order valence-corrected chi connectivity index (χ2v) is 10.0. The van der Waals surface area contributed by atoms with Gasteiger partial charge in [-0.15, -0.1) is 0 Å². The summed E-state index contributed by atoms with van der Waals surface area (Å²) in [6.07, 6.45) is 4.28. The molecule has 2 heterocycles. The van der Waals surface area contributed by atoms with Crippen LogP contribution in [0.2, 0.25) is 0 Å². The number of H-pyrrole nitrogens is 1. The summed E-state index contributed by atoms with van der Waals surface area (Å²) in [6, 6.07) is 31.8. The summed E-state index contributed by atoms with van der Waals surface area (Å²) in [5, 5.41) is 7.95. The molecular formula is C33H34N4O2. The number of hydrogen-bond acceptors (Lipinski definition) is 4. The van der Waals surface area contributed by atoms with Gasteiger partial charge in [-0.3, -0.25) is 15.1 Å². The van der Waals surface area contributed by atoms with Crippen molar-refractivity contribution < 1.29 is 9.53 Å². The number of pyridine rings is 1. The normalized spacial score (nSPS) is 13.5. The number of ether oxygens (including phenoxy) is 1. The summed E-state index contributed by atoms with van der Waals surface area (Å²) in [5.74, 6) is 0.708. The predicted molar refractivity (Wildman–Crippen MR) is 155 cm³/mol. The van der Waals surface area contributed by atoms with Crippen molar-refractivity contribution >= 4 is 16.8 Å². The molecule has 3 aromatic carbocycles. The quantitative estimate of drug-likeness (QED) is 0.197. The molecule has 0 spiro atoms. The number of aromatic nitrogens is 2. The molecule has 0 saturated carbocycles. The number of amides is 1. The lowest BCUT2D eigenvalue weighted by atomic mass is 9.90. The fourth-order valence-corrected chi connectivity index (χ4v) is 4.78. The zero-order valence-electron chi connectivity index (χ0n) is 22.4. The van der Waals surface area contributed by atoms with Crippen molar-refractivity contribution in [2.24, 2.45) is 0 Å². The van der Waals surface area contributed by atoms with Crippen molar-refractivity contribution in [3.63, 3.8) is 0 Å². The summed E-state index contributed by atoms with van der Waals surface area (Å²) >= 11 is 0. The van der Waals surface area contributed by atoms with Gasteiger partial charge in [0.05, 0.1) is 17.3 Å². The van der Waals surface area contributed by atoms with Crippen molar-refractivity contribution in [3.05, 3.63) is 132 Å². The first-order valence-electron chi connectivity index (χ1n) is 13.3. The van der Waals surface area contributed by atoms with Gasteiger partial charge in [0.2, 0.25) is 5.91 Å². The van der Waals surface area contributed by atoms with Crippen LogP contribution < -0.4 is 15.4 Å². The largest absolute Gasteiger partial charge is 0.487 e. The Morgan fingerprint density at radius 3 is 2.49 bits per heavy atom. The number of carbonyl (C=O) groups is 1. The van der Waals surface area contributed by atoms with Crippen LogP contribution in [-0.4, -0.2) is 21.4 Å². The lowest BCUT2D eigenvalue weighted by Gasteiger charge is -2.32. The first kappa shape index (κ1) is 26.2. The fraction of sp³-hybridized carbons (Fsp3) is 0.212. The van der Waals surface area contributed by atoms with Crippen LogP contribution in [0.25, 0.3) is 10.9 Å². The highest BCUT2D eigenvalue weighted by atomic mass is 16.5. The lowest BCUT2D eigenvalue weighted by Crippen LogP contribution is -2.56. The molecule has 0 aliphatic rings. The Hall–Kier alpha value is -4.42. The summed E-state index contributed by atoms with van der Waals surface area (Å²) in [4.78, 5) is 21.6. The molecule has 1 amide bonds. The molecule has 6 nitrogen and oxygen atoms in total. The highest BCUT2D eigenvalue weighted by Crippen LogP contribution is 2.26. The third-order valence-electron chi connectivity index (χ3n) is 7.11. The number of aromatic amines is 1. The molecule has 5 aromatic rings. The Morgan fingerprint density at radius 2 is 1.67 bits per heavy atom. The molecule has 0 aliphatic heterocycles. The van der Waals surface area contributed by atoms with Crippen molar-refractivity contribution in [1.29, 1.82) is 0 Å². The third-order valence-corrected chi connectivity index (χ3v) is 7.11. The SMILES string of the molecule is CC(NC(=O)C(C)(Cc1c[nH]c2ccccc12)NCc1ccccc1OCc1ccccn1)c1ccccc1. The maximum absolute atomic E-state index is 13.9. The van der Waals surface area contributed by atoms with E-state index in [0.29, 0.717) is 19.6 Å². The van der Waals surface area contributed by atoms with E-state index in [1.165, 1.54) is 0 Å². The van der Waals surface area contributed by atoms with Gasteiger partial charge in [0.25, 0.3) is 0 Å². The van der Waals surface area contributed by atoms with Crippen molar-refractivity contribution in [2.45, 2.75) is 45.0 Å². The molecule has 5 rings (SSSR count). The molecule has 0 saturated heterocycles. The van der Waals surface area contributed by atoms with Gasteiger partial charge in [0.1, 0.15) is 12.4 Å². The van der Waals surface area contributed by atoms with Gasteiger partial charge in [-0.05, 0) is 49.2 Å². The van der Waals surface area contributed by atoms with Crippen LogP contribution in [0, 0.1) is 0 Å². The molecule has 3 N–H and O–H groups in total. The Labute approximate surface area is 229 Å². The Kier molecular flexibility index (Phi) is 8.04. The minimum atomic E-state index is -0.887. The van der Waals surface area contributed by atoms with Crippen LogP contribution in [0.5, 0.6) is 5.75 Å². The molecule has 198 valence electrons. The molecule has 39 heavy (non-hydrogen) atoms. The highest BCUT2D eigenvalue weighted by Gasteiger charge is 2.35. The van der Waals surface area contributed by atoms with E-state index in [9.17, 15) is 4.79 Å². The number of benzene rings is 3. The topological polar surface area (TPSA) is 79.0 Å². The van der Waals surface area contributed by atoms with E-state index in [4.69, 9.17) is 4.74 Å². The Balaban J connectivity index is 1.37. The van der Waals surface area contributed by atoms with Gasteiger partial charge < -0.3 is 15.0 Å². The van der Waals surface area contributed by atoms with E-state index in [-0.39, 0.29) is 11.9 Å². The van der Waals surface area contributed by atoms with Gasteiger partial charge in [-0.2, -0.15) is 0 Å². The van der Waals surface area contributed by atoms with E-state index in [2.05, 4.69) is 32.7 Å². The van der Waals surface area contributed by atoms with Gasteiger partial charge in [-0.25, -0.2) is 0 Å². The average molecular weight is 519 g/mol. The summed E-state index contributed by atoms with van der Waals surface area (Å²) in [5.41, 5.74) is 4.15.